The lowest BCUT2D eigenvalue weighted by molar-refractivity contribution is -0.119. The second-order valence-electron chi connectivity index (χ2n) is 7.22. The summed E-state index contributed by atoms with van der Waals surface area (Å²) in [6, 6.07) is 16.7. The van der Waals surface area contributed by atoms with E-state index in [9.17, 15) is 14.4 Å². The monoisotopic (exact) mass is 433 g/mol. The molecule has 0 aliphatic carbocycles. The number of imide groups is 1. The summed E-state index contributed by atoms with van der Waals surface area (Å²) in [6.45, 7) is 3.19. The molecule has 8 heteroatoms. The predicted molar refractivity (Wildman–Crippen MR) is 124 cm³/mol. The molecular weight excluding hydrogens is 407 g/mol. The van der Waals surface area contributed by atoms with Crippen LogP contribution < -0.4 is 10.2 Å². The molecule has 165 valence electrons. The van der Waals surface area contributed by atoms with Crippen LogP contribution in [-0.2, 0) is 19.1 Å². The smallest absolute Gasteiger partial charge is 0.411 e. The maximum Gasteiger partial charge on any atom is 0.411 e. The number of rotatable bonds is 11. The third-order valence-corrected chi connectivity index (χ3v) is 5.02. The van der Waals surface area contributed by atoms with E-state index in [1.165, 1.54) is 17.7 Å². The number of carbonyl (C=O) groups is 3. The Morgan fingerprint density at radius 2 is 1.66 bits per heavy atom. The van der Waals surface area contributed by atoms with Gasteiger partial charge >= 0.3 is 6.09 Å². The lowest BCUT2D eigenvalue weighted by atomic mass is 9.58. The quantitative estimate of drug-likeness (QED) is 0.330. The largest absolute Gasteiger partial charge is 0.447 e. The lowest BCUT2D eigenvalue weighted by Crippen LogP contribution is -2.29. The van der Waals surface area contributed by atoms with Gasteiger partial charge in [0.05, 0.1) is 12.3 Å². The van der Waals surface area contributed by atoms with Crippen molar-refractivity contribution in [1.82, 2.24) is 0 Å². The Kier molecular flexibility index (Phi) is 8.63. The van der Waals surface area contributed by atoms with Crippen LogP contribution >= 0.6 is 0 Å². The second-order valence-corrected chi connectivity index (χ2v) is 7.22. The Balaban J connectivity index is 1.29. The molecule has 0 spiro atoms. The van der Waals surface area contributed by atoms with Gasteiger partial charge in [-0.1, -0.05) is 55.6 Å². The summed E-state index contributed by atoms with van der Waals surface area (Å²) in [5.74, 6) is -0.373. The number of anilines is 2. The van der Waals surface area contributed by atoms with Gasteiger partial charge in [-0.15, -0.1) is 0 Å². The van der Waals surface area contributed by atoms with E-state index in [0.29, 0.717) is 30.4 Å². The van der Waals surface area contributed by atoms with Gasteiger partial charge in [-0.25, -0.2) is 9.69 Å². The minimum atomic E-state index is -0.599. The number of benzene rings is 2. The fourth-order valence-corrected chi connectivity index (χ4v) is 3.39. The zero-order valence-electron chi connectivity index (χ0n) is 18.0. The zero-order chi connectivity index (χ0) is 22.8. The number of carbonyl (C=O) groups excluding carboxylic acids is 3. The van der Waals surface area contributed by atoms with Gasteiger partial charge in [0, 0.05) is 24.4 Å². The maximum atomic E-state index is 11.9. The van der Waals surface area contributed by atoms with E-state index in [0.717, 1.165) is 17.6 Å². The number of nitrogens with zero attached hydrogens (tertiary/aromatic N) is 1. The Hall–Kier alpha value is -3.39. The SMILES string of the molecule is CCC([B]CCOCCOC(=O)Nc1ccc(N2C(=O)C=CC2=O)cc1)c1ccccc1. The van der Waals surface area contributed by atoms with Gasteiger partial charge in [-0.05, 0) is 30.1 Å². The Labute approximate surface area is 188 Å². The molecule has 1 N–H and O–H groups in total. The summed E-state index contributed by atoms with van der Waals surface area (Å²) in [6.07, 6.45) is 3.70. The molecular formula is C24H26BN2O5. The molecule has 1 heterocycles. The molecule has 2 aromatic carbocycles. The lowest BCUT2D eigenvalue weighted by Gasteiger charge is -2.14. The van der Waals surface area contributed by atoms with Crippen LogP contribution in [0.2, 0.25) is 6.32 Å². The summed E-state index contributed by atoms with van der Waals surface area (Å²) in [5.41, 5.74) is 2.23. The van der Waals surface area contributed by atoms with Gasteiger partial charge in [0.15, 0.2) is 0 Å². The van der Waals surface area contributed by atoms with Crippen LogP contribution in [0.15, 0.2) is 66.7 Å². The van der Waals surface area contributed by atoms with Crippen molar-refractivity contribution in [3.8, 4) is 0 Å². The van der Waals surface area contributed by atoms with Crippen LogP contribution in [0.25, 0.3) is 0 Å². The number of nitrogens with one attached hydrogen (secondary N) is 1. The number of hydrogen-bond donors (Lipinski definition) is 1. The minimum Gasteiger partial charge on any atom is -0.447 e. The first-order valence-electron chi connectivity index (χ1n) is 10.6. The first-order valence-corrected chi connectivity index (χ1v) is 10.6. The summed E-state index contributed by atoms with van der Waals surface area (Å²) in [4.78, 5) is 36.3. The van der Waals surface area contributed by atoms with Crippen LogP contribution in [0.5, 0.6) is 0 Å². The molecule has 0 saturated carbocycles. The highest BCUT2D eigenvalue weighted by Gasteiger charge is 2.24. The summed E-state index contributed by atoms with van der Waals surface area (Å²) >= 11 is 0. The van der Waals surface area contributed by atoms with Crippen molar-refractivity contribution in [1.29, 1.82) is 0 Å². The van der Waals surface area contributed by atoms with Crippen molar-refractivity contribution >= 4 is 36.6 Å². The first kappa shape index (κ1) is 23.3. The normalized spacial score (nSPS) is 13.8. The minimum absolute atomic E-state index is 0.141. The predicted octanol–water partition coefficient (Wildman–Crippen LogP) is 3.95. The van der Waals surface area contributed by atoms with Gasteiger partial charge < -0.3 is 9.47 Å². The highest BCUT2D eigenvalue weighted by Crippen LogP contribution is 2.21. The number of amides is 3. The average Bonchev–Trinajstić information content (AvgIpc) is 3.15. The molecule has 1 radical (unpaired) electrons. The standard InChI is InChI=1S/C24H26BN2O5/c1-2-21(18-6-4-3-5-7-18)25-14-15-31-16-17-32-24(30)26-19-8-10-20(11-9-19)27-22(28)12-13-23(27)29/h3-13,21H,2,14-17H2,1H3,(H,26,30). The van der Waals surface area contributed by atoms with Crippen molar-refractivity contribution in [2.45, 2.75) is 25.5 Å². The fraction of sp³-hybridized carbons (Fsp3) is 0.292. The molecule has 32 heavy (non-hydrogen) atoms. The van der Waals surface area contributed by atoms with Gasteiger partial charge in [-0.2, -0.15) is 0 Å². The van der Waals surface area contributed by atoms with Crippen LogP contribution in [0.3, 0.4) is 0 Å². The van der Waals surface area contributed by atoms with Crippen molar-refractivity contribution in [2.75, 3.05) is 30.0 Å². The summed E-state index contributed by atoms with van der Waals surface area (Å²) in [7, 11) is 2.26. The van der Waals surface area contributed by atoms with Gasteiger partial charge in [0.1, 0.15) is 13.9 Å². The Morgan fingerprint density at radius 3 is 2.31 bits per heavy atom. The molecule has 1 atom stereocenters. The van der Waals surface area contributed by atoms with Crippen LogP contribution in [-0.4, -0.2) is 45.0 Å². The Morgan fingerprint density at radius 1 is 0.969 bits per heavy atom. The van der Waals surface area contributed by atoms with E-state index in [-0.39, 0.29) is 6.61 Å². The third-order valence-electron chi connectivity index (χ3n) is 5.02. The summed E-state index contributed by atoms with van der Waals surface area (Å²) in [5, 5.41) is 2.60. The highest BCUT2D eigenvalue weighted by molar-refractivity contribution is 6.37. The molecule has 7 nitrogen and oxygen atoms in total. The van der Waals surface area contributed by atoms with E-state index in [2.05, 4.69) is 31.7 Å². The summed E-state index contributed by atoms with van der Waals surface area (Å²) < 4.78 is 10.7. The molecule has 3 amide bonds. The Bertz CT molecular complexity index is 929. The van der Waals surface area contributed by atoms with Crippen molar-refractivity contribution in [3.63, 3.8) is 0 Å². The molecule has 1 aliphatic rings. The van der Waals surface area contributed by atoms with Crippen molar-refractivity contribution in [2.24, 2.45) is 0 Å². The van der Waals surface area contributed by atoms with E-state index in [1.807, 2.05) is 18.2 Å². The molecule has 0 fully saturated rings. The average molecular weight is 433 g/mol. The molecule has 3 rings (SSSR count). The molecule has 2 aromatic rings. The van der Waals surface area contributed by atoms with Crippen molar-refractivity contribution in [3.05, 3.63) is 72.3 Å². The van der Waals surface area contributed by atoms with E-state index >= 15 is 0 Å². The molecule has 1 aliphatic heterocycles. The first-order chi connectivity index (χ1) is 15.6. The third kappa shape index (κ3) is 6.55. The van der Waals surface area contributed by atoms with Crippen LogP contribution in [0.1, 0.15) is 24.7 Å². The van der Waals surface area contributed by atoms with Crippen LogP contribution in [0, 0.1) is 0 Å². The number of hydrogen-bond acceptors (Lipinski definition) is 5. The highest BCUT2D eigenvalue weighted by atomic mass is 16.6. The topological polar surface area (TPSA) is 84.9 Å². The van der Waals surface area contributed by atoms with E-state index in [1.54, 1.807) is 24.3 Å². The number of ether oxygens (including phenoxy) is 2. The van der Waals surface area contributed by atoms with Gasteiger partial charge in [-0.3, -0.25) is 14.9 Å². The fourth-order valence-electron chi connectivity index (χ4n) is 3.39. The van der Waals surface area contributed by atoms with E-state index in [4.69, 9.17) is 9.47 Å². The van der Waals surface area contributed by atoms with Crippen LogP contribution in [0.4, 0.5) is 16.2 Å². The molecule has 0 saturated heterocycles. The molecule has 0 aromatic heterocycles. The molecule has 1 unspecified atom stereocenters. The second kappa shape index (κ2) is 11.9. The van der Waals surface area contributed by atoms with Gasteiger partial charge in [0.2, 0.25) is 0 Å². The van der Waals surface area contributed by atoms with Gasteiger partial charge in [0.25, 0.3) is 11.8 Å². The molecule has 0 bridgehead atoms. The zero-order valence-corrected chi connectivity index (χ0v) is 18.0. The van der Waals surface area contributed by atoms with Crippen molar-refractivity contribution < 1.29 is 23.9 Å². The maximum absolute atomic E-state index is 11.9. The van der Waals surface area contributed by atoms with E-state index < -0.39 is 17.9 Å².